The quantitative estimate of drug-likeness (QED) is 0.857. The molecule has 0 aromatic carbocycles. The predicted octanol–water partition coefficient (Wildman–Crippen LogP) is 1.07. The van der Waals surface area contributed by atoms with Crippen LogP contribution in [0.2, 0.25) is 0 Å². The fraction of sp³-hybridized carbons (Fsp3) is 0.364. The number of aryl methyl sites for hydroxylation is 2. The van der Waals surface area contributed by atoms with Crippen molar-refractivity contribution >= 4 is 27.3 Å². The molecule has 20 heavy (non-hydrogen) atoms. The van der Waals surface area contributed by atoms with Gasteiger partial charge in [0.1, 0.15) is 0 Å². The summed E-state index contributed by atoms with van der Waals surface area (Å²) in [4.78, 5) is 5.19. The maximum Gasteiger partial charge on any atom is 0.265 e. The van der Waals surface area contributed by atoms with E-state index in [0.29, 0.717) is 17.9 Å². The summed E-state index contributed by atoms with van der Waals surface area (Å²) in [7, 11) is -1.87. The highest BCUT2D eigenvalue weighted by molar-refractivity contribution is 7.92. The smallest absolute Gasteiger partial charge is 0.265 e. The van der Waals surface area contributed by atoms with Crippen LogP contribution in [0.25, 0.3) is 0 Å². The molecule has 2 rings (SSSR count). The van der Waals surface area contributed by atoms with Crippen molar-refractivity contribution in [3.63, 3.8) is 0 Å². The van der Waals surface area contributed by atoms with Crippen LogP contribution in [-0.4, -0.2) is 30.6 Å². The Bertz CT molecular complexity index is 711. The minimum absolute atomic E-state index is 0.0190. The first-order valence-corrected chi connectivity index (χ1v) is 8.21. The Balaban J connectivity index is 2.23. The Morgan fingerprint density at radius 2 is 2.00 bits per heavy atom. The summed E-state index contributed by atoms with van der Waals surface area (Å²) in [6, 6.07) is 1.62. The maximum absolute atomic E-state index is 12.2. The minimum atomic E-state index is -3.67. The maximum atomic E-state index is 12.2. The van der Waals surface area contributed by atoms with Gasteiger partial charge in [-0.1, -0.05) is 0 Å². The number of hydrogen-bond acceptors (Lipinski definition) is 7. The van der Waals surface area contributed by atoms with Crippen molar-refractivity contribution < 1.29 is 8.42 Å². The van der Waals surface area contributed by atoms with Gasteiger partial charge in [0.2, 0.25) is 0 Å². The van der Waals surface area contributed by atoms with E-state index in [1.807, 2.05) is 0 Å². The van der Waals surface area contributed by atoms with E-state index in [9.17, 15) is 8.42 Å². The minimum Gasteiger partial charge on any atom is -0.315 e. The number of nitrogens with one attached hydrogen (secondary N) is 2. The van der Waals surface area contributed by atoms with Gasteiger partial charge in [-0.15, -0.1) is 16.4 Å². The van der Waals surface area contributed by atoms with E-state index in [1.54, 1.807) is 32.3 Å². The summed E-state index contributed by atoms with van der Waals surface area (Å²) in [5.41, 5.74) is 1.30. The van der Waals surface area contributed by atoms with E-state index in [0.717, 1.165) is 4.88 Å². The Morgan fingerprint density at radius 1 is 1.25 bits per heavy atom. The van der Waals surface area contributed by atoms with Gasteiger partial charge < -0.3 is 5.32 Å². The van der Waals surface area contributed by atoms with Crippen molar-refractivity contribution in [1.29, 1.82) is 0 Å². The van der Waals surface area contributed by atoms with Gasteiger partial charge in [-0.05, 0) is 27.0 Å². The summed E-state index contributed by atoms with van der Waals surface area (Å²) < 4.78 is 26.7. The van der Waals surface area contributed by atoms with E-state index >= 15 is 0 Å². The largest absolute Gasteiger partial charge is 0.315 e. The van der Waals surface area contributed by atoms with Crippen molar-refractivity contribution in [2.24, 2.45) is 0 Å². The van der Waals surface area contributed by atoms with Crippen LogP contribution in [0.3, 0.4) is 0 Å². The lowest BCUT2D eigenvalue weighted by Crippen LogP contribution is -2.15. The Kier molecular flexibility index (Phi) is 4.31. The Labute approximate surface area is 121 Å². The lowest BCUT2D eigenvalue weighted by Gasteiger charge is -2.05. The molecule has 0 unspecified atom stereocenters. The monoisotopic (exact) mass is 313 g/mol. The van der Waals surface area contributed by atoms with Gasteiger partial charge in [-0.25, -0.2) is 18.1 Å². The van der Waals surface area contributed by atoms with Crippen molar-refractivity contribution in [3.8, 4) is 0 Å². The average Bonchev–Trinajstić information content (AvgIpc) is 2.83. The topological polar surface area (TPSA) is 96.9 Å². The molecule has 0 radical (unpaired) electrons. The zero-order chi connectivity index (χ0) is 14.8. The van der Waals surface area contributed by atoms with E-state index < -0.39 is 10.0 Å². The molecule has 0 saturated carbocycles. The molecule has 2 N–H and O–H groups in total. The van der Waals surface area contributed by atoms with E-state index in [4.69, 9.17) is 0 Å². The molecule has 0 amide bonds. The van der Waals surface area contributed by atoms with Crippen LogP contribution < -0.4 is 10.0 Å². The molecule has 9 heteroatoms. The van der Waals surface area contributed by atoms with Crippen LogP contribution in [0.4, 0.5) is 5.95 Å². The predicted molar refractivity (Wildman–Crippen MR) is 77.2 cm³/mol. The van der Waals surface area contributed by atoms with Crippen molar-refractivity contribution in [3.05, 3.63) is 27.7 Å². The van der Waals surface area contributed by atoms with Gasteiger partial charge >= 0.3 is 0 Å². The molecule has 0 fully saturated rings. The summed E-state index contributed by atoms with van der Waals surface area (Å²) in [5, 5.41) is 12.1. The molecule has 0 spiro atoms. The number of rotatable bonds is 5. The first-order chi connectivity index (χ1) is 9.42. The van der Waals surface area contributed by atoms with E-state index in [-0.39, 0.29) is 10.8 Å². The van der Waals surface area contributed by atoms with Crippen LogP contribution in [0, 0.1) is 13.8 Å². The molecular weight excluding hydrogens is 298 g/mol. The lowest BCUT2D eigenvalue weighted by molar-refractivity contribution is 0.601. The average molecular weight is 313 g/mol. The van der Waals surface area contributed by atoms with Gasteiger partial charge in [-0.3, -0.25) is 0 Å². The van der Waals surface area contributed by atoms with Gasteiger partial charge in [0.15, 0.2) is 0 Å². The van der Waals surface area contributed by atoms with Gasteiger partial charge in [0.05, 0.1) is 16.3 Å². The van der Waals surface area contributed by atoms with E-state index in [1.165, 1.54) is 11.3 Å². The molecule has 2 heterocycles. The third kappa shape index (κ3) is 3.30. The van der Waals surface area contributed by atoms with Crippen molar-refractivity contribution in [2.75, 3.05) is 11.8 Å². The van der Waals surface area contributed by atoms with Crippen LogP contribution in [0.1, 0.15) is 16.3 Å². The molecule has 0 aliphatic heterocycles. The van der Waals surface area contributed by atoms with Crippen LogP contribution in [-0.2, 0) is 16.6 Å². The van der Waals surface area contributed by atoms with Gasteiger partial charge in [-0.2, -0.15) is 5.10 Å². The van der Waals surface area contributed by atoms with Crippen LogP contribution in [0.15, 0.2) is 16.3 Å². The molecule has 2 aromatic heterocycles. The SMILES string of the molecule is CNCc1cc(S(=O)(=O)Nc2nnc(C)c(C)n2)cs1. The van der Waals surface area contributed by atoms with Gasteiger partial charge in [0.25, 0.3) is 16.0 Å². The number of sulfonamides is 1. The molecule has 0 bridgehead atoms. The molecule has 0 aliphatic carbocycles. The molecule has 0 atom stereocenters. The highest BCUT2D eigenvalue weighted by atomic mass is 32.2. The number of thiophene rings is 1. The van der Waals surface area contributed by atoms with Crippen LogP contribution >= 0.6 is 11.3 Å². The van der Waals surface area contributed by atoms with E-state index in [2.05, 4.69) is 25.2 Å². The zero-order valence-electron chi connectivity index (χ0n) is 11.3. The summed E-state index contributed by atoms with van der Waals surface area (Å²) in [6.45, 7) is 4.13. The summed E-state index contributed by atoms with van der Waals surface area (Å²) >= 11 is 1.38. The highest BCUT2D eigenvalue weighted by Crippen LogP contribution is 2.20. The molecular formula is C11H15N5O2S2. The fourth-order valence-electron chi connectivity index (χ4n) is 1.45. The number of hydrogen-bond donors (Lipinski definition) is 2. The first-order valence-electron chi connectivity index (χ1n) is 5.85. The second-order valence-electron chi connectivity index (χ2n) is 4.19. The first kappa shape index (κ1) is 14.8. The Hall–Kier alpha value is -1.58. The lowest BCUT2D eigenvalue weighted by atomic mass is 10.4. The molecule has 108 valence electrons. The van der Waals surface area contributed by atoms with Crippen molar-refractivity contribution in [1.82, 2.24) is 20.5 Å². The molecule has 0 aliphatic rings. The third-order valence-electron chi connectivity index (χ3n) is 2.61. The highest BCUT2D eigenvalue weighted by Gasteiger charge is 2.18. The summed E-state index contributed by atoms with van der Waals surface area (Å²) in [6.07, 6.45) is 0. The second-order valence-corrected chi connectivity index (χ2v) is 6.87. The second kappa shape index (κ2) is 5.81. The van der Waals surface area contributed by atoms with Crippen LogP contribution in [0.5, 0.6) is 0 Å². The fourth-order valence-corrected chi connectivity index (χ4v) is 3.67. The van der Waals surface area contributed by atoms with Gasteiger partial charge in [0, 0.05) is 16.8 Å². The molecule has 2 aromatic rings. The summed E-state index contributed by atoms with van der Waals surface area (Å²) in [5.74, 6) is -0.0190. The standard InChI is InChI=1S/C11H15N5O2S2/c1-7-8(2)14-15-11(13-7)16-20(17,18)10-4-9(5-12-3)19-6-10/h4,6,12H,5H2,1-3H3,(H,13,15,16). The Morgan fingerprint density at radius 3 is 2.65 bits per heavy atom. The number of nitrogens with zero attached hydrogens (tertiary/aromatic N) is 3. The molecule has 7 nitrogen and oxygen atoms in total. The zero-order valence-corrected chi connectivity index (χ0v) is 13.0. The van der Waals surface area contributed by atoms with Crippen molar-refractivity contribution in [2.45, 2.75) is 25.3 Å². The number of aromatic nitrogens is 3. The number of anilines is 1. The molecule has 0 saturated heterocycles. The third-order valence-corrected chi connectivity index (χ3v) is 5.00. The normalized spacial score (nSPS) is 11.6.